The fourth-order valence-corrected chi connectivity index (χ4v) is 1.85. The fourth-order valence-electron chi connectivity index (χ4n) is 1.54. The largest absolute Gasteiger partial charge is 0.399 e. The third kappa shape index (κ3) is 4.18. The van der Waals surface area contributed by atoms with Crippen LogP contribution >= 0.6 is 11.6 Å². The summed E-state index contributed by atoms with van der Waals surface area (Å²) in [6, 6.07) is 4.69. The molecule has 0 aromatic heterocycles. The van der Waals surface area contributed by atoms with E-state index in [-0.39, 0.29) is 12.3 Å². The van der Waals surface area contributed by atoms with E-state index in [1.807, 2.05) is 0 Å². The first-order valence-electron chi connectivity index (χ1n) is 5.57. The number of benzene rings is 1. The molecule has 100 valence electrons. The van der Waals surface area contributed by atoms with Crippen molar-refractivity contribution >= 4 is 23.2 Å². The molecule has 0 aliphatic rings. The van der Waals surface area contributed by atoms with Crippen molar-refractivity contribution in [3.63, 3.8) is 0 Å². The Morgan fingerprint density at radius 2 is 2.17 bits per heavy atom. The minimum Gasteiger partial charge on any atom is -0.399 e. The Labute approximate surface area is 111 Å². The van der Waals surface area contributed by atoms with Gasteiger partial charge in [-0.1, -0.05) is 17.7 Å². The number of rotatable bonds is 5. The molecule has 0 fully saturated rings. The summed E-state index contributed by atoms with van der Waals surface area (Å²) in [6.07, 6.45) is -1.87. The molecule has 6 heteroatoms. The Morgan fingerprint density at radius 1 is 1.50 bits per heavy atom. The van der Waals surface area contributed by atoms with E-state index < -0.39 is 12.2 Å². The lowest BCUT2D eigenvalue weighted by Crippen LogP contribution is -2.27. The maximum Gasteiger partial charge on any atom is 0.216 e. The Morgan fingerprint density at radius 3 is 2.72 bits per heavy atom. The molecule has 2 unspecified atom stereocenters. The van der Waals surface area contributed by atoms with Gasteiger partial charge in [0.05, 0.1) is 6.10 Å². The van der Waals surface area contributed by atoms with Gasteiger partial charge < -0.3 is 21.3 Å². The highest BCUT2D eigenvalue weighted by atomic mass is 35.5. The van der Waals surface area contributed by atoms with Gasteiger partial charge in [-0.3, -0.25) is 4.79 Å². The Balaban J connectivity index is 2.62. The molecule has 1 amide bonds. The van der Waals surface area contributed by atoms with Gasteiger partial charge >= 0.3 is 0 Å². The molecule has 1 rings (SSSR count). The average molecular weight is 273 g/mol. The van der Waals surface area contributed by atoms with Crippen LogP contribution < -0.4 is 11.1 Å². The monoisotopic (exact) mass is 272 g/mol. The Bertz CT molecular complexity index is 426. The summed E-state index contributed by atoms with van der Waals surface area (Å²) in [5, 5.41) is 22.6. The van der Waals surface area contributed by atoms with Crippen LogP contribution in [0.5, 0.6) is 0 Å². The van der Waals surface area contributed by atoms with Crippen LogP contribution in [0.2, 0.25) is 5.02 Å². The van der Waals surface area contributed by atoms with E-state index in [1.165, 1.54) is 13.0 Å². The number of nitrogen functional groups attached to an aromatic ring is 1. The molecule has 0 heterocycles. The van der Waals surface area contributed by atoms with Crippen LogP contribution in [0.15, 0.2) is 18.2 Å². The number of anilines is 1. The summed E-state index contributed by atoms with van der Waals surface area (Å²) in [6.45, 7) is 1.68. The first-order chi connectivity index (χ1) is 8.41. The van der Waals surface area contributed by atoms with Crippen LogP contribution in [0, 0.1) is 0 Å². The molecular weight excluding hydrogens is 256 g/mol. The van der Waals surface area contributed by atoms with Gasteiger partial charge in [-0.25, -0.2) is 0 Å². The van der Waals surface area contributed by atoms with Gasteiger partial charge in [0.15, 0.2) is 0 Å². The number of carbonyl (C=O) groups excluding carboxylic acids is 1. The van der Waals surface area contributed by atoms with Crippen molar-refractivity contribution in [1.82, 2.24) is 5.32 Å². The minimum atomic E-state index is -1.10. The van der Waals surface area contributed by atoms with Crippen LogP contribution in [-0.4, -0.2) is 28.8 Å². The number of amides is 1. The third-order valence-corrected chi connectivity index (χ3v) is 2.85. The Kier molecular flexibility index (Phi) is 5.40. The fraction of sp³-hybridized carbons (Fsp3) is 0.417. The minimum absolute atomic E-state index is 0.179. The first-order valence-corrected chi connectivity index (χ1v) is 5.95. The Hall–Kier alpha value is -1.30. The summed E-state index contributed by atoms with van der Waals surface area (Å²) < 4.78 is 0. The van der Waals surface area contributed by atoms with Crippen molar-refractivity contribution in [3.05, 3.63) is 28.8 Å². The van der Waals surface area contributed by atoms with Crippen LogP contribution in [0.1, 0.15) is 25.0 Å². The van der Waals surface area contributed by atoms with Crippen molar-refractivity contribution in [1.29, 1.82) is 0 Å². The lowest BCUT2D eigenvalue weighted by Gasteiger charge is -2.19. The van der Waals surface area contributed by atoms with Crippen LogP contribution in [0.4, 0.5) is 5.69 Å². The van der Waals surface area contributed by atoms with Crippen LogP contribution in [0.25, 0.3) is 0 Å². The lowest BCUT2D eigenvalue weighted by atomic mass is 10.0. The normalized spacial score (nSPS) is 14.0. The summed E-state index contributed by atoms with van der Waals surface area (Å²) in [7, 11) is 0. The predicted molar refractivity (Wildman–Crippen MR) is 70.1 cm³/mol. The maximum absolute atomic E-state index is 10.7. The van der Waals surface area contributed by atoms with E-state index in [0.29, 0.717) is 22.8 Å². The van der Waals surface area contributed by atoms with Crippen molar-refractivity contribution in [2.24, 2.45) is 0 Å². The molecule has 1 aromatic carbocycles. The van der Waals surface area contributed by atoms with E-state index in [4.69, 9.17) is 17.3 Å². The number of aliphatic hydroxyl groups excluding tert-OH is 2. The molecule has 0 aliphatic carbocycles. The zero-order valence-electron chi connectivity index (χ0n) is 10.1. The zero-order valence-corrected chi connectivity index (χ0v) is 10.8. The molecule has 5 N–H and O–H groups in total. The molecule has 2 atom stereocenters. The highest BCUT2D eigenvalue weighted by Gasteiger charge is 2.20. The van der Waals surface area contributed by atoms with Crippen molar-refractivity contribution < 1.29 is 15.0 Å². The van der Waals surface area contributed by atoms with Gasteiger partial charge in [-0.05, 0) is 18.6 Å². The number of nitrogens with one attached hydrogen (secondary N) is 1. The molecular formula is C12H17ClN2O3. The smallest absolute Gasteiger partial charge is 0.216 e. The van der Waals surface area contributed by atoms with Gasteiger partial charge in [-0.15, -0.1) is 0 Å². The SMILES string of the molecule is CC(=O)NCCC(O)C(O)c1ccc(N)cc1Cl. The molecule has 0 spiro atoms. The van der Waals surface area contributed by atoms with Crippen molar-refractivity contribution in [2.75, 3.05) is 12.3 Å². The molecule has 5 nitrogen and oxygen atoms in total. The van der Waals surface area contributed by atoms with E-state index in [9.17, 15) is 15.0 Å². The van der Waals surface area contributed by atoms with Gasteiger partial charge in [0, 0.05) is 29.7 Å². The first kappa shape index (κ1) is 14.8. The third-order valence-electron chi connectivity index (χ3n) is 2.52. The van der Waals surface area contributed by atoms with Crippen LogP contribution in [0.3, 0.4) is 0 Å². The molecule has 18 heavy (non-hydrogen) atoms. The standard InChI is InChI=1S/C12H17ClN2O3/c1-7(16)15-5-4-11(17)12(18)9-3-2-8(14)6-10(9)13/h2-3,6,11-12,17-18H,4-5,14H2,1H3,(H,15,16). The summed E-state index contributed by atoms with van der Waals surface area (Å²) in [4.78, 5) is 10.7. The highest BCUT2D eigenvalue weighted by Crippen LogP contribution is 2.28. The molecule has 0 aliphatic heterocycles. The van der Waals surface area contributed by atoms with Gasteiger partial charge in [0.2, 0.25) is 5.91 Å². The van der Waals surface area contributed by atoms with E-state index in [2.05, 4.69) is 5.32 Å². The van der Waals surface area contributed by atoms with Gasteiger partial charge in [0.25, 0.3) is 0 Å². The van der Waals surface area contributed by atoms with E-state index in [1.54, 1.807) is 12.1 Å². The quantitative estimate of drug-likeness (QED) is 0.598. The van der Waals surface area contributed by atoms with Crippen molar-refractivity contribution in [3.8, 4) is 0 Å². The summed E-state index contributed by atoms with van der Waals surface area (Å²) >= 11 is 5.93. The second-order valence-electron chi connectivity index (χ2n) is 4.06. The number of aliphatic hydroxyl groups is 2. The van der Waals surface area contributed by atoms with E-state index >= 15 is 0 Å². The van der Waals surface area contributed by atoms with Gasteiger partial charge in [0.1, 0.15) is 6.10 Å². The summed E-state index contributed by atoms with van der Waals surface area (Å²) in [5.74, 6) is -0.179. The molecule has 0 bridgehead atoms. The average Bonchev–Trinajstić information content (AvgIpc) is 2.27. The van der Waals surface area contributed by atoms with Gasteiger partial charge in [-0.2, -0.15) is 0 Å². The number of nitrogens with two attached hydrogens (primary N) is 1. The van der Waals surface area contributed by atoms with Crippen LogP contribution in [-0.2, 0) is 4.79 Å². The molecule has 0 saturated carbocycles. The number of hydrogen-bond donors (Lipinski definition) is 4. The number of carbonyl (C=O) groups is 1. The molecule has 1 aromatic rings. The number of hydrogen-bond acceptors (Lipinski definition) is 4. The molecule has 0 saturated heterocycles. The lowest BCUT2D eigenvalue weighted by molar-refractivity contribution is -0.119. The maximum atomic E-state index is 10.7. The highest BCUT2D eigenvalue weighted by molar-refractivity contribution is 6.31. The van der Waals surface area contributed by atoms with E-state index in [0.717, 1.165) is 0 Å². The second kappa shape index (κ2) is 6.58. The number of halogens is 1. The molecule has 0 radical (unpaired) electrons. The topological polar surface area (TPSA) is 95.6 Å². The second-order valence-corrected chi connectivity index (χ2v) is 4.47. The van der Waals surface area contributed by atoms with Crippen molar-refractivity contribution in [2.45, 2.75) is 25.6 Å². The summed E-state index contributed by atoms with van der Waals surface area (Å²) in [5.41, 5.74) is 6.45. The zero-order chi connectivity index (χ0) is 13.7. The predicted octanol–water partition coefficient (Wildman–Crippen LogP) is 0.843.